The molecule has 0 amide bonds. The van der Waals surface area contributed by atoms with Crippen molar-refractivity contribution in [2.24, 2.45) is 5.73 Å². The Bertz CT molecular complexity index is 142. The Balaban J connectivity index is 0.000000247. The fourth-order valence-electron chi connectivity index (χ4n) is 2.30. The Morgan fingerprint density at radius 1 is 0.765 bits per heavy atom. The van der Waals surface area contributed by atoms with E-state index in [-0.39, 0.29) is 0 Å². The van der Waals surface area contributed by atoms with Gasteiger partial charge in [-0.15, -0.1) is 17.2 Å². The van der Waals surface area contributed by atoms with Crippen LogP contribution in [0.3, 0.4) is 0 Å². The summed E-state index contributed by atoms with van der Waals surface area (Å²) in [4.78, 5) is 0. The van der Waals surface area contributed by atoms with E-state index in [0.29, 0.717) is 0 Å². The molecule has 2 fully saturated rings. The van der Waals surface area contributed by atoms with Gasteiger partial charge in [0.15, 0.2) is 0 Å². The van der Waals surface area contributed by atoms with E-state index in [4.69, 9.17) is 5.73 Å². The lowest BCUT2D eigenvalue weighted by Crippen LogP contribution is -1.87. The van der Waals surface area contributed by atoms with Gasteiger partial charge in [-0.3, -0.25) is 0 Å². The van der Waals surface area contributed by atoms with E-state index in [2.05, 4.69) is 27.7 Å². The maximum atomic E-state index is 4.85. The second kappa shape index (κ2) is 10.7. The molecule has 2 N–H and O–H groups in total. The summed E-state index contributed by atoms with van der Waals surface area (Å²) in [5, 5.41) is 0. The molecule has 0 bridgehead atoms. The second-order valence-electron chi connectivity index (χ2n) is 5.50. The number of hydrogen-bond donors (Lipinski definition) is 1. The number of hydrogen-bond acceptors (Lipinski definition) is 1. The van der Waals surface area contributed by atoms with Crippen molar-refractivity contribution in [2.75, 3.05) is 6.54 Å². The summed E-state index contributed by atoms with van der Waals surface area (Å²) in [5.41, 5.74) is 9.05. The zero-order valence-corrected chi connectivity index (χ0v) is 14.4. The monoisotopic (exact) mass is 277 g/mol. The van der Waals surface area contributed by atoms with Crippen molar-refractivity contribution in [1.29, 1.82) is 0 Å². The largest absolute Gasteiger partial charge is 0.331 e. The Labute approximate surface area is 113 Å². The fourth-order valence-corrected chi connectivity index (χ4v) is 5.58. The maximum Gasteiger partial charge on any atom is -0.0106 e. The molecular weight excluding hydrogens is 244 g/mol. The first-order valence-electron chi connectivity index (χ1n) is 7.21. The van der Waals surface area contributed by atoms with E-state index in [1.165, 1.54) is 42.8 Å². The van der Waals surface area contributed by atoms with Crippen LogP contribution in [0.4, 0.5) is 0 Å². The van der Waals surface area contributed by atoms with Gasteiger partial charge in [0, 0.05) is 0 Å². The Morgan fingerprint density at radius 3 is 1.00 bits per heavy atom. The van der Waals surface area contributed by atoms with Crippen LogP contribution in [0.25, 0.3) is 0 Å². The molecule has 0 aromatic carbocycles. The molecular formula is C14H33NP2. The molecule has 3 heteroatoms. The van der Waals surface area contributed by atoms with Gasteiger partial charge in [0.05, 0.1) is 0 Å². The van der Waals surface area contributed by atoms with Crippen molar-refractivity contribution in [3.8, 4) is 0 Å². The van der Waals surface area contributed by atoms with Gasteiger partial charge in [0.2, 0.25) is 0 Å². The molecule has 2 rings (SSSR count). The molecule has 2 aliphatic heterocycles. The minimum absolute atomic E-state index is 0.750. The summed E-state index contributed by atoms with van der Waals surface area (Å²) in [6.45, 7) is 12.1. The van der Waals surface area contributed by atoms with Crippen molar-refractivity contribution < 1.29 is 0 Å². The average Bonchev–Trinajstić information content (AvgIpc) is 2.78. The first kappa shape index (κ1) is 17.8. The van der Waals surface area contributed by atoms with Crippen molar-refractivity contribution in [1.82, 2.24) is 0 Å². The summed E-state index contributed by atoms with van der Waals surface area (Å²) in [5.74, 6) is 0. The first-order valence-corrected chi connectivity index (χ1v) is 9.52. The second-order valence-corrected chi connectivity index (χ2v) is 10.1. The quantitative estimate of drug-likeness (QED) is 0.651. The van der Waals surface area contributed by atoms with Crippen LogP contribution >= 0.6 is 17.2 Å². The Morgan fingerprint density at radius 2 is 0.941 bits per heavy atom. The van der Waals surface area contributed by atoms with Crippen LogP contribution < -0.4 is 5.73 Å². The van der Waals surface area contributed by atoms with Gasteiger partial charge in [-0.2, -0.15) is 0 Å². The van der Waals surface area contributed by atoms with Gasteiger partial charge in [0.25, 0.3) is 0 Å². The van der Waals surface area contributed by atoms with E-state index >= 15 is 0 Å². The lowest BCUT2D eigenvalue weighted by atomic mass is 10.2. The van der Waals surface area contributed by atoms with Crippen molar-refractivity contribution in [3.63, 3.8) is 0 Å². The molecule has 0 aromatic rings. The molecule has 2 saturated heterocycles. The first-order chi connectivity index (χ1) is 7.99. The number of nitrogens with two attached hydrogens (primary N) is 1. The Kier molecular flexibility index (Phi) is 11.2. The van der Waals surface area contributed by atoms with Gasteiger partial charge >= 0.3 is 0 Å². The molecule has 104 valence electrons. The molecule has 4 atom stereocenters. The van der Waals surface area contributed by atoms with Gasteiger partial charge in [-0.25, -0.2) is 0 Å². The highest BCUT2D eigenvalue weighted by Crippen LogP contribution is 2.39. The van der Waals surface area contributed by atoms with Gasteiger partial charge in [-0.1, -0.05) is 34.6 Å². The third kappa shape index (κ3) is 10.4. The lowest BCUT2D eigenvalue weighted by molar-refractivity contribution is 0.777. The van der Waals surface area contributed by atoms with Crippen LogP contribution in [0.1, 0.15) is 60.3 Å². The molecule has 2 heterocycles. The van der Waals surface area contributed by atoms with Gasteiger partial charge in [-0.05, 0) is 54.9 Å². The fraction of sp³-hybridized carbons (Fsp3) is 1.00. The smallest absolute Gasteiger partial charge is 0.0106 e. The molecule has 0 saturated carbocycles. The van der Waals surface area contributed by atoms with Crippen LogP contribution in [-0.2, 0) is 0 Å². The average molecular weight is 277 g/mol. The van der Waals surface area contributed by atoms with E-state index in [1.807, 2.05) is 6.92 Å². The van der Waals surface area contributed by atoms with Crippen molar-refractivity contribution >= 4 is 17.2 Å². The van der Waals surface area contributed by atoms with Gasteiger partial charge < -0.3 is 5.73 Å². The SMILES string of the molecule is CCN.C[C@@H]1CC[C@@H](C)P1.C[C@@H]1CC[C@@H](C)P1. The molecule has 0 unspecified atom stereocenters. The molecule has 1 nitrogen and oxygen atoms in total. The van der Waals surface area contributed by atoms with Gasteiger partial charge in [0.1, 0.15) is 0 Å². The zero-order chi connectivity index (χ0) is 13.3. The summed E-state index contributed by atoms with van der Waals surface area (Å²) >= 11 is 0. The minimum atomic E-state index is 0.750. The normalized spacial score (nSPS) is 35.6. The summed E-state index contributed by atoms with van der Waals surface area (Å²) in [7, 11) is 2.51. The van der Waals surface area contributed by atoms with E-state index in [9.17, 15) is 0 Å². The zero-order valence-electron chi connectivity index (χ0n) is 12.4. The third-order valence-corrected chi connectivity index (χ3v) is 6.63. The molecule has 0 spiro atoms. The predicted molar refractivity (Wildman–Crippen MR) is 87.7 cm³/mol. The van der Waals surface area contributed by atoms with Crippen molar-refractivity contribution in [3.05, 3.63) is 0 Å². The van der Waals surface area contributed by atoms with Crippen molar-refractivity contribution in [2.45, 2.75) is 82.9 Å². The standard InChI is InChI=1S/2C6H13P.C2H7N/c2*1-5-3-4-6(2)7-5;1-2-3/h2*5-7H,3-4H2,1-2H3;2-3H2,1H3/t2*5-,6-;/m11./s1. The summed E-state index contributed by atoms with van der Waals surface area (Å²) in [6, 6.07) is 0. The highest BCUT2D eigenvalue weighted by molar-refractivity contribution is 7.40. The Hall–Kier alpha value is 0.820. The number of rotatable bonds is 0. The highest BCUT2D eigenvalue weighted by Gasteiger charge is 2.16. The van der Waals surface area contributed by atoms with Crippen LogP contribution in [0.15, 0.2) is 0 Å². The molecule has 0 aliphatic carbocycles. The maximum absolute atomic E-state index is 4.85. The molecule has 2 aliphatic rings. The lowest BCUT2D eigenvalue weighted by Gasteiger charge is -1.97. The molecule has 17 heavy (non-hydrogen) atoms. The van der Waals surface area contributed by atoms with Crippen LogP contribution in [0, 0.1) is 0 Å². The highest BCUT2D eigenvalue weighted by atomic mass is 31.1. The molecule has 0 radical (unpaired) electrons. The minimum Gasteiger partial charge on any atom is -0.331 e. The third-order valence-electron chi connectivity index (χ3n) is 3.20. The summed E-state index contributed by atoms with van der Waals surface area (Å²) < 4.78 is 0. The van der Waals surface area contributed by atoms with E-state index in [0.717, 1.165) is 29.2 Å². The van der Waals surface area contributed by atoms with Crippen LogP contribution in [0.5, 0.6) is 0 Å². The molecule has 0 aromatic heterocycles. The summed E-state index contributed by atoms with van der Waals surface area (Å²) in [6.07, 6.45) is 5.94. The topological polar surface area (TPSA) is 26.0 Å². The predicted octanol–water partition coefficient (Wildman–Crippen LogP) is 4.44. The van der Waals surface area contributed by atoms with E-state index in [1.54, 1.807) is 0 Å². The van der Waals surface area contributed by atoms with Crippen LogP contribution in [-0.4, -0.2) is 29.2 Å². The van der Waals surface area contributed by atoms with E-state index < -0.39 is 0 Å². The van der Waals surface area contributed by atoms with Crippen LogP contribution in [0.2, 0.25) is 0 Å².